The van der Waals surface area contributed by atoms with Crippen molar-refractivity contribution in [3.8, 4) is 0 Å². The molecule has 0 radical (unpaired) electrons. The number of aryl methyl sites for hydroxylation is 1. The van der Waals surface area contributed by atoms with Gasteiger partial charge in [-0.15, -0.1) is 11.8 Å². The number of carboxylic acids is 1. The number of aromatic nitrogens is 2. The fraction of sp³-hybridized carbons (Fsp3) is 0.438. The minimum atomic E-state index is -5.08. The maximum atomic E-state index is 12.0. The molecule has 2 heterocycles. The van der Waals surface area contributed by atoms with Crippen LogP contribution in [0.3, 0.4) is 0 Å². The molecule has 3 N–H and O–H groups in total. The lowest BCUT2D eigenvalue weighted by molar-refractivity contribution is -0.192. The summed E-state index contributed by atoms with van der Waals surface area (Å²) in [6, 6.07) is 5.71. The van der Waals surface area contributed by atoms with Gasteiger partial charge >= 0.3 is 12.1 Å². The smallest absolute Gasteiger partial charge is 0.475 e. The van der Waals surface area contributed by atoms with Gasteiger partial charge in [0.25, 0.3) is 5.56 Å². The van der Waals surface area contributed by atoms with E-state index in [0.29, 0.717) is 10.6 Å². The molecule has 3 rings (SSSR count). The molecule has 142 valence electrons. The van der Waals surface area contributed by atoms with Gasteiger partial charge < -0.3 is 15.4 Å². The van der Waals surface area contributed by atoms with E-state index in [9.17, 15) is 18.0 Å². The molecule has 2 aromatic rings. The van der Waals surface area contributed by atoms with Crippen LogP contribution in [0, 0.1) is 6.92 Å². The highest BCUT2D eigenvalue weighted by Gasteiger charge is 2.38. The molecule has 0 bridgehead atoms. The molecule has 1 unspecified atom stereocenters. The Morgan fingerprint density at radius 1 is 1.42 bits per heavy atom. The summed E-state index contributed by atoms with van der Waals surface area (Å²) in [5.41, 5.74) is 1.85. The molecule has 1 saturated heterocycles. The molecule has 1 aliphatic heterocycles. The van der Waals surface area contributed by atoms with E-state index in [-0.39, 0.29) is 5.56 Å². The van der Waals surface area contributed by atoms with E-state index in [4.69, 9.17) is 9.90 Å². The number of alkyl halides is 3. The van der Waals surface area contributed by atoms with Gasteiger partial charge in [0.05, 0.1) is 16.7 Å². The first kappa shape index (κ1) is 20.2. The number of carboxylic acid groups (broad SMARTS) is 1. The van der Waals surface area contributed by atoms with E-state index in [1.54, 1.807) is 0 Å². The number of fused-ring (bicyclic) bond motifs is 1. The SMILES string of the molecule is Cc1cccc2c(=O)[nH]c(CSC3CCNC3)nc12.O=C(O)C(F)(F)F. The quantitative estimate of drug-likeness (QED) is 0.747. The lowest BCUT2D eigenvalue weighted by Crippen LogP contribution is -2.21. The number of thioether (sulfide) groups is 1. The minimum Gasteiger partial charge on any atom is -0.475 e. The summed E-state index contributed by atoms with van der Waals surface area (Å²) in [4.78, 5) is 28.4. The van der Waals surface area contributed by atoms with Gasteiger partial charge in [0, 0.05) is 11.8 Å². The molecule has 1 aliphatic rings. The van der Waals surface area contributed by atoms with Crippen molar-refractivity contribution < 1.29 is 23.1 Å². The standard InChI is InChI=1S/C14H17N3OS.C2HF3O2/c1-9-3-2-4-11-13(9)16-12(17-14(11)18)8-19-10-5-6-15-7-10;3-2(4,5)1(6)7/h2-4,10,15H,5-8H2,1H3,(H,16,17,18);(H,6,7). The number of halogens is 3. The molecule has 1 aromatic heterocycles. The van der Waals surface area contributed by atoms with Gasteiger partial charge in [-0.2, -0.15) is 13.2 Å². The predicted octanol–water partition coefficient (Wildman–Crippen LogP) is 2.46. The van der Waals surface area contributed by atoms with Crippen LogP contribution < -0.4 is 10.9 Å². The van der Waals surface area contributed by atoms with E-state index in [0.717, 1.165) is 35.7 Å². The van der Waals surface area contributed by atoms with Gasteiger partial charge in [-0.25, -0.2) is 9.78 Å². The lowest BCUT2D eigenvalue weighted by Gasteiger charge is -2.08. The maximum absolute atomic E-state index is 12.0. The number of H-pyrrole nitrogens is 1. The molecule has 1 aromatic carbocycles. The van der Waals surface area contributed by atoms with Crippen LogP contribution in [0.25, 0.3) is 10.9 Å². The van der Waals surface area contributed by atoms with Gasteiger partial charge in [0.1, 0.15) is 5.82 Å². The molecule has 10 heteroatoms. The lowest BCUT2D eigenvalue weighted by atomic mass is 10.1. The monoisotopic (exact) mass is 389 g/mol. The topological polar surface area (TPSA) is 95.1 Å². The zero-order valence-electron chi connectivity index (χ0n) is 13.9. The number of para-hydroxylation sites is 1. The highest BCUT2D eigenvalue weighted by atomic mass is 32.2. The summed E-state index contributed by atoms with van der Waals surface area (Å²) in [6.07, 6.45) is -3.89. The van der Waals surface area contributed by atoms with Crippen molar-refractivity contribution in [3.63, 3.8) is 0 Å². The highest BCUT2D eigenvalue weighted by Crippen LogP contribution is 2.21. The summed E-state index contributed by atoms with van der Waals surface area (Å²) >= 11 is 1.87. The normalized spacial score (nSPS) is 17.0. The predicted molar refractivity (Wildman–Crippen MR) is 93.4 cm³/mol. The Labute approximate surface area is 151 Å². The van der Waals surface area contributed by atoms with E-state index >= 15 is 0 Å². The van der Waals surface area contributed by atoms with Gasteiger partial charge in [-0.1, -0.05) is 12.1 Å². The van der Waals surface area contributed by atoms with Crippen molar-refractivity contribution in [2.45, 2.75) is 30.5 Å². The van der Waals surface area contributed by atoms with Crippen LogP contribution >= 0.6 is 11.8 Å². The average Bonchev–Trinajstić information content (AvgIpc) is 3.07. The number of aliphatic carboxylic acids is 1. The van der Waals surface area contributed by atoms with E-state index in [2.05, 4.69) is 15.3 Å². The average molecular weight is 389 g/mol. The highest BCUT2D eigenvalue weighted by molar-refractivity contribution is 7.99. The fourth-order valence-electron chi connectivity index (χ4n) is 2.39. The van der Waals surface area contributed by atoms with E-state index in [1.165, 1.54) is 6.42 Å². The van der Waals surface area contributed by atoms with Crippen LogP contribution in [-0.4, -0.2) is 45.6 Å². The Bertz CT molecular complexity index is 833. The Kier molecular flexibility index (Phi) is 6.65. The molecule has 6 nitrogen and oxygen atoms in total. The second-order valence-electron chi connectivity index (χ2n) is 5.71. The van der Waals surface area contributed by atoms with Crippen LogP contribution in [0.1, 0.15) is 17.8 Å². The van der Waals surface area contributed by atoms with Crippen molar-refractivity contribution in [3.05, 3.63) is 39.9 Å². The number of carbonyl (C=O) groups is 1. The number of rotatable bonds is 3. The van der Waals surface area contributed by atoms with E-state index in [1.807, 2.05) is 36.9 Å². The van der Waals surface area contributed by atoms with Crippen LogP contribution in [0.5, 0.6) is 0 Å². The number of aromatic amines is 1. The van der Waals surface area contributed by atoms with Gasteiger partial charge in [-0.3, -0.25) is 4.79 Å². The first-order chi connectivity index (χ1) is 12.2. The molecule has 0 aliphatic carbocycles. The van der Waals surface area contributed by atoms with Gasteiger partial charge in [0.15, 0.2) is 0 Å². The largest absolute Gasteiger partial charge is 0.490 e. The molecule has 26 heavy (non-hydrogen) atoms. The molecule has 1 atom stereocenters. The van der Waals surface area contributed by atoms with E-state index < -0.39 is 12.1 Å². The minimum absolute atomic E-state index is 0.0335. The third-order valence-electron chi connectivity index (χ3n) is 3.70. The van der Waals surface area contributed by atoms with Crippen molar-refractivity contribution in [2.24, 2.45) is 0 Å². The number of hydrogen-bond donors (Lipinski definition) is 3. The Morgan fingerprint density at radius 3 is 2.69 bits per heavy atom. The molecular weight excluding hydrogens is 371 g/mol. The van der Waals surface area contributed by atoms with Crippen molar-refractivity contribution >= 4 is 28.6 Å². The summed E-state index contributed by atoms with van der Waals surface area (Å²) in [5, 5.41) is 11.8. The molecule has 0 spiro atoms. The summed E-state index contributed by atoms with van der Waals surface area (Å²) in [5.74, 6) is -1.21. The first-order valence-corrected chi connectivity index (χ1v) is 8.84. The Balaban J connectivity index is 0.000000298. The zero-order valence-corrected chi connectivity index (χ0v) is 14.7. The molecule has 1 fully saturated rings. The van der Waals surface area contributed by atoms with Gasteiger partial charge in [-0.05, 0) is 31.5 Å². The van der Waals surface area contributed by atoms with Crippen LogP contribution in [0.2, 0.25) is 0 Å². The van der Waals surface area contributed by atoms with Crippen molar-refractivity contribution in [1.82, 2.24) is 15.3 Å². The Hall–Kier alpha value is -2.07. The third kappa shape index (κ3) is 5.46. The second-order valence-corrected chi connectivity index (χ2v) is 7.00. The first-order valence-electron chi connectivity index (χ1n) is 7.79. The van der Waals surface area contributed by atoms with Crippen LogP contribution in [0.15, 0.2) is 23.0 Å². The Morgan fingerprint density at radius 2 is 2.12 bits per heavy atom. The third-order valence-corrected chi connectivity index (χ3v) is 5.01. The molecule has 0 amide bonds. The maximum Gasteiger partial charge on any atom is 0.490 e. The number of benzene rings is 1. The van der Waals surface area contributed by atoms with Gasteiger partial charge in [0.2, 0.25) is 0 Å². The fourth-order valence-corrected chi connectivity index (χ4v) is 3.44. The summed E-state index contributed by atoms with van der Waals surface area (Å²) in [6.45, 7) is 4.15. The summed E-state index contributed by atoms with van der Waals surface area (Å²) < 4.78 is 31.7. The molecule has 0 saturated carbocycles. The number of nitrogens with one attached hydrogen (secondary N) is 2. The van der Waals surface area contributed by atoms with Crippen LogP contribution in [0.4, 0.5) is 13.2 Å². The van der Waals surface area contributed by atoms with Crippen molar-refractivity contribution in [2.75, 3.05) is 13.1 Å². The second kappa shape index (κ2) is 8.54. The zero-order chi connectivity index (χ0) is 19.3. The summed E-state index contributed by atoms with van der Waals surface area (Å²) in [7, 11) is 0. The number of nitrogens with zero attached hydrogens (tertiary/aromatic N) is 1. The van der Waals surface area contributed by atoms with Crippen molar-refractivity contribution in [1.29, 1.82) is 0 Å². The van der Waals surface area contributed by atoms with Crippen LogP contribution in [-0.2, 0) is 10.5 Å². The molecular formula is C16H18F3N3O3S. The number of hydrogen-bond acceptors (Lipinski definition) is 5.